The number of carbonyl (C=O) groups excluding carboxylic acids is 2. The fraction of sp³-hybridized carbons (Fsp3) is 0.182. The van der Waals surface area contributed by atoms with Gasteiger partial charge in [-0.05, 0) is 22.6 Å². The first-order chi connectivity index (χ1) is 13.2. The topological polar surface area (TPSA) is 49.4 Å². The Kier molecular flexibility index (Phi) is 6.77. The Balaban J connectivity index is 1.60. The van der Waals surface area contributed by atoms with E-state index >= 15 is 0 Å². The van der Waals surface area contributed by atoms with Crippen molar-refractivity contribution in [3.05, 3.63) is 94.2 Å². The highest BCUT2D eigenvalue weighted by Crippen LogP contribution is 2.12. The molecule has 138 valence electrons. The fourth-order valence-corrected chi connectivity index (χ4v) is 3.42. The molecule has 0 bridgehead atoms. The Labute approximate surface area is 163 Å². The maximum Gasteiger partial charge on any atom is 0.261 e. The molecule has 0 saturated carbocycles. The van der Waals surface area contributed by atoms with Crippen molar-refractivity contribution in [1.82, 2.24) is 10.2 Å². The van der Waals surface area contributed by atoms with Crippen molar-refractivity contribution in [1.29, 1.82) is 0 Å². The molecule has 0 spiro atoms. The lowest BCUT2D eigenvalue weighted by Crippen LogP contribution is -2.33. The molecule has 0 aliphatic carbocycles. The van der Waals surface area contributed by atoms with Gasteiger partial charge in [0, 0.05) is 26.1 Å². The van der Waals surface area contributed by atoms with Crippen molar-refractivity contribution in [2.75, 3.05) is 6.54 Å². The van der Waals surface area contributed by atoms with Gasteiger partial charge in [-0.15, -0.1) is 11.3 Å². The largest absolute Gasteiger partial charge is 0.351 e. The second kappa shape index (κ2) is 9.69. The van der Waals surface area contributed by atoms with Gasteiger partial charge in [0.15, 0.2) is 0 Å². The number of hydrogen-bond donors (Lipinski definition) is 1. The van der Waals surface area contributed by atoms with Crippen LogP contribution in [0.25, 0.3) is 0 Å². The van der Waals surface area contributed by atoms with Crippen LogP contribution in [0.2, 0.25) is 0 Å². The van der Waals surface area contributed by atoms with Crippen molar-refractivity contribution in [2.45, 2.75) is 19.5 Å². The number of amides is 2. The molecule has 2 aromatic carbocycles. The van der Waals surface area contributed by atoms with Gasteiger partial charge in [0.2, 0.25) is 5.91 Å². The highest BCUT2D eigenvalue weighted by molar-refractivity contribution is 7.12. The molecule has 5 heteroatoms. The number of benzene rings is 2. The number of thiophene rings is 1. The summed E-state index contributed by atoms with van der Waals surface area (Å²) < 4.78 is 0. The SMILES string of the molecule is O=C(NCCC(=O)N(Cc1ccccc1)Cc1ccccc1)c1cccs1. The van der Waals surface area contributed by atoms with Gasteiger partial charge in [0.25, 0.3) is 5.91 Å². The zero-order valence-corrected chi connectivity index (χ0v) is 15.8. The molecular weight excluding hydrogens is 356 g/mol. The lowest BCUT2D eigenvalue weighted by atomic mass is 10.1. The summed E-state index contributed by atoms with van der Waals surface area (Å²) in [7, 11) is 0. The molecule has 4 nitrogen and oxygen atoms in total. The van der Waals surface area contributed by atoms with Crippen LogP contribution in [0.4, 0.5) is 0 Å². The van der Waals surface area contributed by atoms with Crippen LogP contribution in [0.1, 0.15) is 27.2 Å². The quantitative estimate of drug-likeness (QED) is 0.642. The molecule has 0 saturated heterocycles. The number of hydrogen-bond acceptors (Lipinski definition) is 3. The van der Waals surface area contributed by atoms with Crippen LogP contribution >= 0.6 is 11.3 Å². The minimum atomic E-state index is -0.129. The molecule has 0 fully saturated rings. The minimum absolute atomic E-state index is 0.0224. The maximum absolute atomic E-state index is 12.8. The third kappa shape index (κ3) is 5.79. The van der Waals surface area contributed by atoms with Gasteiger partial charge in [-0.25, -0.2) is 0 Å². The fourth-order valence-electron chi connectivity index (χ4n) is 2.78. The van der Waals surface area contributed by atoms with Crippen LogP contribution in [-0.4, -0.2) is 23.3 Å². The Morgan fingerprint density at radius 2 is 1.41 bits per heavy atom. The van der Waals surface area contributed by atoms with Gasteiger partial charge < -0.3 is 10.2 Å². The molecule has 0 radical (unpaired) electrons. The van der Waals surface area contributed by atoms with E-state index in [1.54, 1.807) is 6.07 Å². The van der Waals surface area contributed by atoms with E-state index in [0.29, 0.717) is 24.5 Å². The minimum Gasteiger partial charge on any atom is -0.351 e. The second-order valence-corrected chi connectivity index (χ2v) is 7.15. The standard InChI is InChI=1S/C22H22N2O2S/c25-21(13-14-23-22(26)20-12-7-15-27-20)24(16-18-8-3-1-4-9-18)17-19-10-5-2-6-11-19/h1-12,15H,13-14,16-17H2,(H,23,26). The molecule has 1 N–H and O–H groups in total. The number of nitrogens with zero attached hydrogens (tertiary/aromatic N) is 1. The van der Waals surface area contributed by atoms with Crippen LogP contribution in [0, 0.1) is 0 Å². The molecule has 27 heavy (non-hydrogen) atoms. The summed E-state index contributed by atoms with van der Waals surface area (Å²) in [4.78, 5) is 27.3. The van der Waals surface area contributed by atoms with E-state index < -0.39 is 0 Å². The number of nitrogens with one attached hydrogen (secondary N) is 1. The Bertz CT molecular complexity index is 807. The molecule has 1 heterocycles. The average Bonchev–Trinajstić information content (AvgIpc) is 3.24. The van der Waals surface area contributed by atoms with E-state index in [-0.39, 0.29) is 18.2 Å². The zero-order valence-electron chi connectivity index (χ0n) is 15.0. The Morgan fingerprint density at radius 1 is 0.815 bits per heavy atom. The number of carbonyl (C=O) groups is 2. The van der Waals surface area contributed by atoms with E-state index in [0.717, 1.165) is 11.1 Å². The normalized spacial score (nSPS) is 10.4. The van der Waals surface area contributed by atoms with Gasteiger partial charge in [-0.2, -0.15) is 0 Å². The van der Waals surface area contributed by atoms with Gasteiger partial charge in [0.1, 0.15) is 0 Å². The van der Waals surface area contributed by atoms with Crippen LogP contribution in [-0.2, 0) is 17.9 Å². The molecule has 0 unspecified atom stereocenters. The molecule has 2 amide bonds. The summed E-state index contributed by atoms with van der Waals surface area (Å²) in [5.74, 6) is -0.107. The molecular formula is C22H22N2O2S. The molecule has 0 aliphatic rings. The van der Waals surface area contributed by atoms with Crippen LogP contribution in [0.5, 0.6) is 0 Å². The number of rotatable bonds is 8. The van der Waals surface area contributed by atoms with Gasteiger partial charge in [0.05, 0.1) is 4.88 Å². The van der Waals surface area contributed by atoms with E-state index in [1.165, 1.54) is 11.3 Å². The van der Waals surface area contributed by atoms with Crippen LogP contribution < -0.4 is 5.32 Å². The van der Waals surface area contributed by atoms with E-state index in [4.69, 9.17) is 0 Å². The molecule has 1 aromatic heterocycles. The van der Waals surface area contributed by atoms with Crippen molar-refractivity contribution in [2.24, 2.45) is 0 Å². The molecule has 0 aliphatic heterocycles. The van der Waals surface area contributed by atoms with Gasteiger partial charge in [-0.3, -0.25) is 9.59 Å². The monoisotopic (exact) mass is 378 g/mol. The smallest absolute Gasteiger partial charge is 0.261 e. The Morgan fingerprint density at radius 3 is 1.93 bits per heavy atom. The summed E-state index contributed by atoms with van der Waals surface area (Å²) in [6, 6.07) is 23.5. The van der Waals surface area contributed by atoms with Crippen LogP contribution in [0.3, 0.4) is 0 Å². The van der Waals surface area contributed by atoms with Crippen LogP contribution in [0.15, 0.2) is 78.2 Å². The maximum atomic E-state index is 12.8. The summed E-state index contributed by atoms with van der Waals surface area (Å²) in [5.41, 5.74) is 2.17. The molecule has 0 atom stereocenters. The predicted molar refractivity (Wildman–Crippen MR) is 108 cm³/mol. The first-order valence-corrected chi connectivity index (χ1v) is 9.77. The molecule has 3 rings (SSSR count). The summed E-state index contributed by atoms with van der Waals surface area (Å²) >= 11 is 1.39. The first-order valence-electron chi connectivity index (χ1n) is 8.90. The van der Waals surface area contributed by atoms with Gasteiger partial charge >= 0.3 is 0 Å². The third-order valence-corrected chi connectivity index (χ3v) is 5.02. The first kappa shape index (κ1) is 18.9. The third-order valence-electron chi connectivity index (χ3n) is 4.15. The van der Waals surface area contributed by atoms with Crippen molar-refractivity contribution in [3.63, 3.8) is 0 Å². The second-order valence-electron chi connectivity index (χ2n) is 6.20. The highest BCUT2D eigenvalue weighted by Gasteiger charge is 2.15. The lowest BCUT2D eigenvalue weighted by Gasteiger charge is -2.23. The lowest BCUT2D eigenvalue weighted by molar-refractivity contribution is -0.132. The van der Waals surface area contributed by atoms with Crippen molar-refractivity contribution in [3.8, 4) is 0 Å². The predicted octanol–water partition coefficient (Wildman–Crippen LogP) is 4.10. The molecule has 3 aromatic rings. The van der Waals surface area contributed by atoms with Crippen molar-refractivity contribution >= 4 is 23.2 Å². The van der Waals surface area contributed by atoms with E-state index in [2.05, 4.69) is 5.32 Å². The average molecular weight is 378 g/mol. The highest BCUT2D eigenvalue weighted by atomic mass is 32.1. The van der Waals surface area contributed by atoms with E-state index in [1.807, 2.05) is 77.0 Å². The summed E-state index contributed by atoms with van der Waals surface area (Å²) in [6.45, 7) is 1.43. The van der Waals surface area contributed by atoms with Gasteiger partial charge in [-0.1, -0.05) is 66.7 Å². The summed E-state index contributed by atoms with van der Waals surface area (Å²) in [6.07, 6.45) is 0.275. The summed E-state index contributed by atoms with van der Waals surface area (Å²) in [5, 5.41) is 4.69. The van der Waals surface area contributed by atoms with Crippen molar-refractivity contribution < 1.29 is 9.59 Å². The van der Waals surface area contributed by atoms with E-state index in [9.17, 15) is 9.59 Å². The zero-order chi connectivity index (χ0) is 18.9. The Hall–Kier alpha value is -2.92.